The van der Waals surface area contributed by atoms with Crippen LogP contribution >= 0.6 is 11.6 Å². The Bertz CT molecular complexity index is 373. The summed E-state index contributed by atoms with van der Waals surface area (Å²) in [6.45, 7) is 2.87. The number of carbonyl (C=O) groups excluding carboxylic acids is 1. The van der Waals surface area contributed by atoms with Crippen LogP contribution in [0.1, 0.15) is 49.4 Å². The summed E-state index contributed by atoms with van der Waals surface area (Å²) in [5.41, 5.74) is 6.31. The molecule has 0 heterocycles. The molecule has 0 bridgehead atoms. The minimum absolute atomic E-state index is 0.177. The number of Topliss-reactive ketones (excluding diaryl/α,β-unsaturated/α-hetero) is 1. The van der Waals surface area contributed by atoms with E-state index in [2.05, 4.69) is 6.92 Å². The maximum absolute atomic E-state index is 12.0. The van der Waals surface area contributed by atoms with Gasteiger partial charge in [0.15, 0.2) is 5.78 Å². The SMILES string of the molecule is CCCC(CCN)CCC(=O)c1cccc(Cl)c1. The molecule has 2 N–H and O–H groups in total. The van der Waals surface area contributed by atoms with Gasteiger partial charge < -0.3 is 5.73 Å². The van der Waals surface area contributed by atoms with E-state index in [1.165, 1.54) is 0 Å². The molecule has 2 nitrogen and oxygen atoms in total. The smallest absolute Gasteiger partial charge is 0.162 e. The summed E-state index contributed by atoms with van der Waals surface area (Å²) in [5.74, 6) is 0.749. The first-order valence-corrected chi connectivity index (χ1v) is 7.04. The highest BCUT2D eigenvalue weighted by Gasteiger charge is 2.11. The molecule has 1 atom stereocenters. The zero-order valence-electron chi connectivity index (χ0n) is 11.0. The summed E-state index contributed by atoms with van der Waals surface area (Å²) in [7, 11) is 0. The Kier molecular flexibility index (Phi) is 6.99. The van der Waals surface area contributed by atoms with Crippen molar-refractivity contribution in [3.8, 4) is 0 Å². The third-order valence-electron chi connectivity index (χ3n) is 3.20. The first-order valence-electron chi connectivity index (χ1n) is 6.66. The quantitative estimate of drug-likeness (QED) is 0.722. The monoisotopic (exact) mass is 267 g/mol. The summed E-state index contributed by atoms with van der Waals surface area (Å²) in [6.07, 6.45) is 4.83. The summed E-state index contributed by atoms with van der Waals surface area (Å²) in [5, 5.41) is 0.618. The topological polar surface area (TPSA) is 43.1 Å². The molecular weight excluding hydrogens is 246 g/mol. The average molecular weight is 268 g/mol. The van der Waals surface area contributed by atoms with Crippen LogP contribution < -0.4 is 5.73 Å². The van der Waals surface area contributed by atoms with E-state index in [9.17, 15) is 4.79 Å². The van der Waals surface area contributed by atoms with Crippen LogP contribution in [0.15, 0.2) is 24.3 Å². The van der Waals surface area contributed by atoms with E-state index in [4.69, 9.17) is 17.3 Å². The molecular formula is C15H22ClNO. The molecule has 3 heteroatoms. The van der Waals surface area contributed by atoms with Crippen LogP contribution in [0.4, 0.5) is 0 Å². The van der Waals surface area contributed by atoms with Crippen molar-refractivity contribution in [3.05, 3.63) is 34.9 Å². The number of ketones is 1. The Morgan fingerprint density at radius 1 is 1.33 bits per heavy atom. The molecule has 0 aliphatic rings. The van der Waals surface area contributed by atoms with Crippen LogP contribution in [0.25, 0.3) is 0 Å². The van der Waals surface area contributed by atoms with E-state index in [0.717, 1.165) is 25.7 Å². The number of hydrogen-bond acceptors (Lipinski definition) is 2. The van der Waals surface area contributed by atoms with Crippen LogP contribution in [-0.2, 0) is 0 Å². The van der Waals surface area contributed by atoms with Gasteiger partial charge in [0.25, 0.3) is 0 Å². The fourth-order valence-corrected chi connectivity index (χ4v) is 2.41. The Labute approximate surface area is 115 Å². The second kappa shape index (κ2) is 8.28. The zero-order chi connectivity index (χ0) is 13.4. The Hall–Kier alpha value is -0.860. The van der Waals surface area contributed by atoms with Crippen molar-refractivity contribution >= 4 is 17.4 Å². The van der Waals surface area contributed by atoms with Gasteiger partial charge in [0.05, 0.1) is 0 Å². The standard InChI is InChI=1S/C15H22ClNO/c1-2-4-12(9-10-17)7-8-15(18)13-5-3-6-14(16)11-13/h3,5-6,11-12H,2,4,7-10,17H2,1H3. The van der Waals surface area contributed by atoms with Crippen LogP contribution in [0.5, 0.6) is 0 Å². The number of hydrogen-bond donors (Lipinski definition) is 1. The Morgan fingerprint density at radius 3 is 2.72 bits per heavy atom. The number of halogens is 1. The zero-order valence-corrected chi connectivity index (χ0v) is 11.7. The van der Waals surface area contributed by atoms with Crippen molar-refractivity contribution in [1.29, 1.82) is 0 Å². The van der Waals surface area contributed by atoms with E-state index >= 15 is 0 Å². The largest absolute Gasteiger partial charge is 0.330 e. The van der Waals surface area contributed by atoms with Crippen molar-refractivity contribution < 1.29 is 4.79 Å². The predicted octanol–water partition coefficient (Wildman–Crippen LogP) is 4.07. The fraction of sp³-hybridized carbons (Fsp3) is 0.533. The van der Waals surface area contributed by atoms with Crippen molar-refractivity contribution in [2.24, 2.45) is 11.7 Å². The maximum atomic E-state index is 12.0. The van der Waals surface area contributed by atoms with Crippen LogP contribution in [0, 0.1) is 5.92 Å². The van der Waals surface area contributed by atoms with E-state index in [1.54, 1.807) is 12.1 Å². The van der Waals surface area contributed by atoms with Crippen molar-refractivity contribution in [3.63, 3.8) is 0 Å². The van der Waals surface area contributed by atoms with Crippen LogP contribution in [0.3, 0.4) is 0 Å². The first-order chi connectivity index (χ1) is 8.67. The second-order valence-electron chi connectivity index (χ2n) is 4.70. The lowest BCUT2D eigenvalue weighted by Gasteiger charge is -2.14. The third kappa shape index (κ3) is 5.19. The molecule has 100 valence electrons. The Balaban J connectivity index is 2.49. The van der Waals surface area contributed by atoms with Crippen molar-refractivity contribution in [2.75, 3.05) is 6.54 Å². The third-order valence-corrected chi connectivity index (χ3v) is 3.43. The summed E-state index contributed by atoms with van der Waals surface area (Å²) in [6, 6.07) is 7.17. The highest BCUT2D eigenvalue weighted by molar-refractivity contribution is 6.31. The molecule has 0 spiro atoms. The number of carbonyl (C=O) groups is 1. The van der Waals surface area contributed by atoms with Crippen LogP contribution in [-0.4, -0.2) is 12.3 Å². The highest BCUT2D eigenvalue weighted by atomic mass is 35.5. The maximum Gasteiger partial charge on any atom is 0.162 e. The van der Waals surface area contributed by atoms with Gasteiger partial charge in [0.1, 0.15) is 0 Å². The normalized spacial score (nSPS) is 12.4. The minimum Gasteiger partial charge on any atom is -0.330 e. The predicted molar refractivity (Wildman–Crippen MR) is 77.1 cm³/mol. The van der Waals surface area contributed by atoms with Gasteiger partial charge in [-0.3, -0.25) is 4.79 Å². The highest BCUT2D eigenvalue weighted by Crippen LogP contribution is 2.19. The number of rotatable bonds is 8. The number of nitrogens with two attached hydrogens (primary N) is 1. The molecule has 0 radical (unpaired) electrons. The van der Waals surface area contributed by atoms with Crippen LogP contribution in [0.2, 0.25) is 5.02 Å². The van der Waals surface area contributed by atoms with Gasteiger partial charge in [-0.05, 0) is 37.4 Å². The molecule has 0 fully saturated rings. The number of benzene rings is 1. The molecule has 18 heavy (non-hydrogen) atoms. The molecule has 1 aromatic rings. The summed E-state index contributed by atoms with van der Waals surface area (Å²) < 4.78 is 0. The van der Waals surface area contributed by atoms with Crippen molar-refractivity contribution in [1.82, 2.24) is 0 Å². The molecule has 0 saturated carbocycles. The van der Waals surface area contributed by atoms with Gasteiger partial charge in [-0.25, -0.2) is 0 Å². The summed E-state index contributed by atoms with van der Waals surface area (Å²) >= 11 is 5.88. The van der Waals surface area contributed by atoms with Gasteiger partial charge in [-0.15, -0.1) is 0 Å². The van der Waals surface area contributed by atoms with E-state index in [-0.39, 0.29) is 5.78 Å². The molecule has 1 rings (SSSR count). The van der Waals surface area contributed by atoms with Gasteiger partial charge in [-0.2, -0.15) is 0 Å². The molecule has 1 aromatic carbocycles. The van der Waals surface area contributed by atoms with Gasteiger partial charge >= 0.3 is 0 Å². The van der Waals surface area contributed by atoms with Gasteiger partial charge in [0, 0.05) is 17.0 Å². The lowest BCUT2D eigenvalue weighted by Crippen LogP contribution is -2.11. The minimum atomic E-state index is 0.177. The molecule has 0 aliphatic carbocycles. The van der Waals surface area contributed by atoms with Gasteiger partial charge in [0.2, 0.25) is 0 Å². The van der Waals surface area contributed by atoms with E-state index in [1.807, 2.05) is 12.1 Å². The average Bonchev–Trinajstić information content (AvgIpc) is 2.36. The first kappa shape index (κ1) is 15.2. The van der Waals surface area contributed by atoms with E-state index < -0.39 is 0 Å². The van der Waals surface area contributed by atoms with Gasteiger partial charge in [-0.1, -0.05) is 43.5 Å². The molecule has 0 amide bonds. The lowest BCUT2D eigenvalue weighted by atomic mass is 9.92. The van der Waals surface area contributed by atoms with E-state index in [0.29, 0.717) is 29.5 Å². The molecule has 0 saturated heterocycles. The molecule has 0 aliphatic heterocycles. The second-order valence-corrected chi connectivity index (χ2v) is 5.14. The Morgan fingerprint density at radius 2 is 2.11 bits per heavy atom. The lowest BCUT2D eigenvalue weighted by molar-refractivity contribution is 0.0972. The summed E-state index contributed by atoms with van der Waals surface area (Å²) in [4.78, 5) is 12.0. The molecule has 0 aromatic heterocycles. The molecule has 1 unspecified atom stereocenters. The fourth-order valence-electron chi connectivity index (χ4n) is 2.22. The van der Waals surface area contributed by atoms with Crippen molar-refractivity contribution in [2.45, 2.75) is 39.0 Å².